The first-order valence-electron chi connectivity index (χ1n) is 4.64. The van der Waals surface area contributed by atoms with Crippen LogP contribution in [0.3, 0.4) is 0 Å². The number of rotatable bonds is 4. The Labute approximate surface area is 81.5 Å². The van der Waals surface area contributed by atoms with Crippen LogP contribution in [-0.4, -0.2) is 22.8 Å². The summed E-state index contributed by atoms with van der Waals surface area (Å²) in [6.07, 6.45) is 7.36. The molecule has 0 amide bonds. The van der Waals surface area contributed by atoms with Crippen LogP contribution in [-0.2, 0) is 8.85 Å². The molecule has 0 fully saturated rings. The monoisotopic (exact) mass is 198 g/mol. The van der Waals surface area contributed by atoms with Gasteiger partial charge in [0.2, 0.25) is 0 Å². The molecule has 0 bridgehead atoms. The topological polar surface area (TPSA) is 18.5 Å². The molecule has 1 rings (SSSR count). The molecule has 0 aromatic heterocycles. The van der Waals surface area contributed by atoms with Crippen LogP contribution >= 0.6 is 0 Å². The van der Waals surface area contributed by atoms with Gasteiger partial charge in [-0.15, -0.1) is 0 Å². The summed E-state index contributed by atoms with van der Waals surface area (Å²) in [6.45, 7) is 4.33. The van der Waals surface area contributed by atoms with Gasteiger partial charge < -0.3 is 8.85 Å². The van der Waals surface area contributed by atoms with Crippen molar-refractivity contribution >= 4 is 8.56 Å². The smallest absolute Gasteiger partial charge is 0.370 e. The molecule has 0 radical (unpaired) electrons. The largest absolute Gasteiger partial charge is 0.394 e. The Morgan fingerprint density at radius 3 is 2.23 bits per heavy atom. The van der Waals surface area contributed by atoms with Crippen molar-refractivity contribution in [2.75, 3.05) is 14.2 Å². The van der Waals surface area contributed by atoms with Gasteiger partial charge in [-0.05, 0) is 11.6 Å². The molecular weight excluding hydrogens is 180 g/mol. The number of allylic oxidation sites excluding steroid dienone is 4. The fourth-order valence-corrected chi connectivity index (χ4v) is 5.00. The first-order valence-corrected chi connectivity index (χ1v) is 6.53. The minimum absolute atomic E-state index is 0.452. The molecule has 0 N–H and O–H groups in total. The lowest BCUT2D eigenvalue weighted by atomic mass is 10.5. The summed E-state index contributed by atoms with van der Waals surface area (Å²) in [6, 6.07) is 0. The molecule has 0 aliphatic heterocycles. The zero-order valence-electron chi connectivity index (χ0n) is 8.83. The van der Waals surface area contributed by atoms with E-state index in [0.717, 1.165) is 6.42 Å². The summed E-state index contributed by atoms with van der Waals surface area (Å²) in [4.78, 5) is 0. The lowest BCUT2D eigenvalue weighted by Crippen LogP contribution is -2.45. The van der Waals surface area contributed by atoms with Crippen molar-refractivity contribution in [2.24, 2.45) is 0 Å². The van der Waals surface area contributed by atoms with Crippen LogP contribution in [0.2, 0.25) is 5.54 Å². The summed E-state index contributed by atoms with van der Waals surface area (Å²) in [5.74, 6) is 0. The van der Waals surface area contributed by atoms with E-state index in [1.807, 2.05) is 0 Å². The molecule has 1 aliphatic carbocycles. The van der Waals surface area contributed by atoms with E-state index >= 15 is 0 Å². The third-order valence-electron chi connectivity index (χ3n) is 2.59. The first kappa shape index (κ1) is 10.7. The zero-order valence-corrected chi connectivity index (χ0v) is 9.83. The minimum Gasteiger partial charge on any atom is -0.394 e. The standard InChI is InChI=1S/C10H18O2Si/c1-9(2)13(11-3,12-4)10-7-5-6-8-10/h5-7,9H,8H2,1-4H3. The van der Waals surface area contributed by atoms with Crippen molar-refractivity contribution < 1.29 is 8.85 Å². The lowest BCUT2D eigenvalue weighted by molar-refractivity contribution is 0.242. The normalized spacial score (nSPS) is 16.8. The molecule has 0 atom stereocenters. The zero-order chi connectivity index (χ0) is 9.90. The molecule has 0 spiro atoms. The minimum atomic E-state index is -2.09. The van der Waals surface area contributed by atoms with Crippen LogP contribution in [0.5, 0.6) is 0 Å². The molecule has 2 nitrogen and oxygen atoms in total. The average molecular weight is 198 g/mol. The Morgan fingerprint density at radius 1 is 1.31 bits per heavy atom. The molecule has 0 saturated carbocycles. The molecule has 13 heavy (non-hydrogen) atoms. The Morgan fingerprint density at radius 2 is 1.92 bits per heavy atom. The van der Waals surface area contributed by atoms with E-state index in [-0.39, 0.29) is 0 Å². The number of hydrogen-bond donors (Lipinski definition) is 0. The second-order valence-corrected chi connectivity index (χ2v) is 7.50. The van der Waals surface area contributed by atoms with Crippen LogP contribution < -0.4 is 0 Å². The van der Waals surface area contributed by atoms with Gasteiger partial charge in [0.15, 0.2) is 0 Å². The van der Waals surface area contributed by atoms with Gasteiger partial charge >= 0.3 is 8.56 Å². The van der Waals surface area contributed by atoms with Crippen molar-refractivity contribution in [3.05, 3.63) is 23.4 Å². The third-order valence-corrected chi connectivity index (χ3v) is 6.58. The second-order valence-electron chi connectivity index (χ2n) is 3.55. The molecule has 0 aromatic rings. The molecule has 0 saturated heterocycles. The highest BCUT2D eigenvalue weighted by molar-refractivity contribution is 6.76. The van der Waals surface area contributed by atoms with Crippen LogP contribution in [0.25, 0.3) is 0 Å². The van der Waals surface area contributed by atoms with Gasteiger partial charge in [0, 0.05) is 19.8 Å². The summed E-state index contributed by atoms with van der Waals surface area (Å²) in [7, 11) is 1.43. The van der Waals surface area contributed by atoms with Crippen LogP contribution in [0.4, 0.5) is 0 Å². The average Bonchev–Trinajstić information content (AvgIpc) is 2.60. The van der Waals surface area contributed by atoms with Gasteiger partial charge in [0.25, 0.3) is 0 Å². The molecule has 3 heteroatoms. The SMILES string of the molecule is CO[Si](OC)(C1=CC=CC1)C(C)C. The van der Waals surface area contributed by atoms with Crippen molar-refractivity contribution in [2.45, 2.75) is 25.8 Å². The molecule has 0 aromatic carbocycles. The number of hydrogen-bond acceptors (Lipinski definition) is 2. The van der Waals surface area contributed by atoms with E-state index in [1.165, 1.54) is 5.20 Å². The van der Waals surface area contributed by atoms with Crippen LogP contribution in [0.1, 0.15) is 20.3 Å². The molecular formula is C10H18O2Si. The Hall–Kier alpha value is -0.383. The summed E-state index contributed by atoms with van der Waals surface area (Å²) >= 11 is 0. The van der Waals surface area contributed by atoms with Gasteiger partial charge in [-0.3, -0.25) is 0 Å². The predicted octanol–water partition coefficient (Wildman–Crippen LogP) is 2.56. The van der Waals surface area contributed by atoms with Gasteiger partial charge in [0.05, 0.1) is 0 Å². The Bertz CT molecular complexity index is 227. The summed E-state index contributed by atoms with van der Waals surface area (Å²) < 4.78 is 11.3. The highest BCUT2D eigenvalue weighted by Crippen LogP contribution is 2.33. The summed E-state index contributed by atoms with van der Waals surface area (Å²) in [5, 5.41) is 1.34. The maximum atomic E-state index is 5.64. The highest BCUT2D eigenvalue weighted by atomic mass is 28.4. The van der Waals surface area contributed by atoms with E-state index < -0.39 is 8.56 Å². The maximum Gasteiger partial charge on any atom is 0.370 e. The third kappa shape index (κ3) is 1.77. The van der Waals surface area contributed by atoms with Gasteiger partial charge in [-0.2, -0.15) is 0 Å². The highest BCUT2D eigenvalue weighted by Gasteiger charge is 2.43. The Balaban J connectivity index is 2.89. The fourth-order valence-electron chi connectivity index (χ4n) is 1.89. The summed E-state index contributed by atoms with van der Waals surface area (Å²) in [5.41, 5.74) is 0.452. The van der Waals surface area contributed by atoms with Crippen molar-refractivity contribution in [1.82, 2.24) is 0 Å². The van der Waals surface area contributed by atoms with Crippen LogP contribution in [0.15, 0.2) is 23.4 Å². The van der Waals surface area contributed by atoms with Crippen LogP contribution in [0, 0.1) is 0 Å². The quantitative estimate of drug-likeness (QED) is 0.646. The van der Waals surface area contributed by atoms with E-state index in [1.54, 1.807) is 14.2 Å². The van der Waals surface area contributed by atoms with Crippen molar-refractivity contribution in [3.63, 3.8) is 0 Å². The first-order chi connectivity index (χ1) is 6.17. The van der Waals surface area contributed by atoms with Crippen molar-refractivity contribution in [3.8, 4) is 0 Å². The van der Waals surface area contributed by atoms with E-state index in [2.05, 4.69) is 32.1 Å². The maximum absolute atomic E-state index is 5.64. The second kappa shape index (κ2) is 4.22. The molecule has 0 heterocycles. The fraction of sp³-hybridized carbons (Fsp3) is 0.600. The van der Waals surface area contributed by atoms with Gasteiger partial charge in [0.1, 0.15) is 0 Å². The van der Waals surface area contributed by atoms with Gasteiger partial charge in [-0.1, -0.05) is 32.1 Å². The molecule has 74 valence electrons. The van der Waals surface area contributed by atoms with E-state index in [4.69, 9.17) is 8.85 Å². The Kier molecular flexibility index (Phi) is 3.47. The van der Waals surface area contributed by atoms with E-state index in [0.29, 0.717) is 5.54 Å². The lowest BCUT2D eigenvalue weighted by Gasteiger charge is -2.32. The predicted molar refractivity (Wildman–Crippen MR) is 56.7 cm³/mol. The van der Waals surface area contributed by atoms with Gasteiger partial charge in [-0.25, -0.2) is 0 Å². The molecule has 1 aliphatic rings. The van der Waals surface area contributed by atoms with E-state index in [9.17, 15) is 0 Å². The van der Waals surface area contributed by atoms with Crippen molar-refractivity contribution in [1.29, 1.82) is 0 Å². The molecule has 0 unspecified atom stereocenters.